The van der Waals surface area contributed by atoms with Crippen LogP contribution >= 0.6 is 0 Å². The quantitative estimate of drug-likeness (QED) is 0.449. The van der Waals surface area contributed by atoms with Gasteiger partial charge in [-0.05, 0) is 30.1 Å². The zero-order chi connectivity index (χ0) is 17.3. The summed E-state index contributed by atoms with van der Waals surface area (Å²) in [4.78, 5) is 39.5. The molecule has 2 aliphatic carbocycles. The first kappa shape index (κ1) is 16.8. The summed E-state index contributed by atoms with van der Waals surface area (Å²) in [5.41, 5.74) is 0.175. The van der Waals surface area contributed by atoms with Crippen LogP contribution in [0.3, 0.4) is 0 Å². The van der Waals surface area contributed by atoms with E-state index in [9.17, 15) is 14.4 Å². The number of nitrogens with zero attached hydrogens (tertiary/aromatic N) is 1. The molecule has 0 aromatic heterocycles. The van der Waals surface area contributed by atoms with Crippen LogP contribution in [0.15, 0.2) is 0 Å². The monoisotopic (exact) mass is 333 g/mol. The summed E-state index contributed by atoms with van der Waals surface area (Å²) < 4.78 is 5.23. The average molecular weight is 333 g/mol. The Kier molecular flexibility index (Phi) is 4.53. The molecule has 3 atom stereocenters. The molecule has 6 heteroatoms. The summed E-state index contributed by atoms with van der Waals surface area (Å²) in [5.74, 6) is 6.68. The Morgan fingerprint density at radius 2 is 1.92 bits per heavy atom. The first-order valence-electron chi connectivity index (χ1n) is 8.63. The average Bonchev–Trinajstić information content (AvgIpc) is 3.01. The number of hydroxylamine groups is 2. The van der Waals surface area contributed by atoms with Gasteiger partial charge in [-0.15, -0.1) is 11.8 Å². The Morgan fingerprint density at radius 3 is 2.58 bits per heavy atom. The molecule has 2 amide bonds. The third-order valence-electron chi connectivity index (χ3n) is 5.77. The van der Waals surface area contributed by atoms with Gasteiger partial charge in [-0.2, -0.15) is 0 Å². The zero-order valence-corrected chi connectivity index (χ0v) is 14.2. The van der Waals surface area contributed by atoms with Crippen LogP contribution in [-0.2, 0) is 19.2 Å². The van der Waals surface area contributed by atoms with E-state index in [-0.39, 0.29) is 30.8 Å². The van der Waals surface area contributed by atoms with E-state index in [2.05, 4.69) is 25.7 Å². The van der Waals surface area contributed by atoms with Gasteiger partial charge < -0.3 is 4.74 Å². The molecule has 0 aromatic rings. The molecule has 0 N–H and O–H groups in total. The maximum Gasteiger partial charge on any atom is 0.533 e. The smallest absolute Gasteiger partial charge is 0.432 e. The minimum absolute atomic E-state index is 0.0767. The van der Waals surface area contributed by atoms with E-state index in [0.717, 1.165) is 25.7 Å². The van der Waals surface area contributed by atoms with Crippen molar-refractivity contribution in [2.75, 3.05) is 6.61 Å². The summed E-state index contributed by atoms with van der Waals surface area (Å²) >= 11 is 0. The highest BCUT2D eigenvalue weighted by molar-refractivity contribution is 6.01. The number of ether oxygens (including phenoxy) is 1. The summed E-state index contributed by atoms with van der Waals surface area (Å²) in [7, 11) is 0. The maximum atomic E-state index is 11.8. The second kappa shape index (κ2) is 6.46. The Labute approximate surface area is 141 Å². The first-order valence-corrected chi connectivity index (χ1v) is 8.63. The summed E-state index contributed by atoms with van der Waals surface area (Å²) in [6.45, 7) is 4.68. The van der Waals surface area contributed by atoms with Gasteiger partial charge in [0, 0.05) is 31.6 Å². The lowest BCUT2D eigenvalue weighted by atomic mass is 9.82. The molecule has 1 saturated carbocycles. The van der Waals surface area contributed by atoms with Gasteiger partial charge in [-0.1, -0.05) is 18.9 Å². The minimum atomic E-state index is -0.979. The van der Waals surface area contributed by atoms with Gasteiger partial charge >= 0.3 is 6.16 Å². The van der Waals surface area contributed by atoms with Crippen molar-refractivity contribution in [3.8, 4) is 11.8 Å². The topological polar surface area (TPSA) is 72.9 Å². The van der Waals surface area contributed by atoms with Crippen LogP contribution in [0.4, 0.5) is 4.79 Å². The lowest BCUT2D eigenvalue weighted by Crippen LogP contribution is -2.32. The molecule has 24 heavy (non-hydrogen) atoms. The molecule has 1 aliphatic heterocycles. The molecule has 2 fully saturated rings. The number of amides is 2. The second-order valence-corrected chi connectivity index (χ2v) is 7.11. The number of hydrogen-bond donors (Lipinski definition) is 0. The number of rotatable bonds is 4. The molecule has 1 unspecified atom stereocenters. The van der Waals surface area contributed by atoms with Crippen molar-refractivity contribution in [2.45, 2.75) is 52.4 Å². The number of carbonyl (C=O) groups excluding carboxylic acids is 3. The number of carbonyl (C=O) groups is 3. The highest BCUT2D eigenvalue weighted by atomic mass is 16.8. The van der Waals surface area contributed by atoms with Crippen LogP contribution in [0, 0.1) is 35.0 Å². The zero-order valence-electron chi connectivity index (χ0n) is 14.2. The van der Waals surface area contributed by atoms with Crippen LogP contribution in [-0.4, -0.2) is 29.6 Å². The minimum Gasteiger partial charge on any atom is -0.432 e. The predicted octanol–water partition coefficient (Wildman–Crippen LogP) is 2.67. The molecule has 0 radical (unpaired) electrons. The Hall–Kier alpha value is -2.03. The third-order valence-corrected chi connectivity index (χ3v) is 5.77. The molecule has 1 heterocycles. The Balaban J connectivity index is 1.55. The molecule has 3 aliphatic rings. The highest BCUT2D eigenvalue weighted by Gasteiger charge is 2.64. The molecular weight excluding hydrogens is 310 g/mol. The lowest BCUT2D eigenvalue weighted by molar-refractivity contribution is -0.177. The van der Waals surface area contributed by atoms with Crippen molar-refractivity contribution in [1.29, 1.82) is 0 Å². The van der Waals surface area contributed by atoms with Crippen LogP contribution in [0.5, 0.6) is 0 Å². The van der Waals surface area contributed by atoms with E-state index < -0.39 is 18.0 Å². The lowest BCUT2D eigenvalue weighted by Gasteiger charge is -2.23. The van der Waals surface area contributed by atoms with Gasteiger partial charge in [-0.3, -0.25) is 14.4 Å². The fourth-order valence-electron chi connectivity index (χ4n) is 4.49. The van der Waals surface area contributed by atoms with Gasteiger partial charge in [-0.25, -0.2) is 4.79 Å². The fourth-order valence-corrected chi connectivity index (χ4v) is 4.49. The summed E-state index contributed by atoms with van der Waals surface area (Å²) in [5, 5.41) is 0.518. The Morgan fingerprint density at radius 1 is 1.25 bits per heavy atom. The van der Waals surface area contributed by atoms with E-state index >= 15 is 0 Å². The number of hydrogen-bond acceptors (Lipinski definition) is 5. The second-order valence-electron chi connectivity index (χ2n) is 7.11. The van der Waals surface area contributed by atoms with Crippen LogP contribution < -0.4 is 0 Å². The molecule has 1 saturated heterocycles. The molecule has 0 aromatic carbocycles. The predicted molar refractivity (Wildman–Crippen MR) is 84.0 cm³/mol. The van der Waals surface area contributed by atoms with Crippen molar-refractivity contribution in [1.82, 2.24) is 5.06 Å². The third kappa shape index (κ3) is 2.88. The molecular formula is C18H23NO5. The van der Waals surface area contributed by atoms with Gasteiger partial charge in [0.2, 0.25) is 0 Å². The highest BCUT2D eigenvalue weighted by Crippen LogP contribution is 2.67. The molecule has 0 spiro atoms. The molecule has 3 rings (SSSR count). The summed E-state index contributed by atoms with van der Waals surface area (Å²) in [6.07, 6.45) is 2.99. The van der Waals surface area contributed by atoms with E-state index in [1.165, 1.54) is 0 Å². The first-order chi connectivity index (χ1) is 11.5. The fraction of sp³-hybridized carbons (Fsp3) is 0.722. The van der Waals surface area contributed by atoms with E-state index in [4.69, 9.17) is 9.57 Å². The van der Waals surface area contributed by atoms with E-state index in [1.807, 2.05) is 0 Å². The van der Waals surface area contributed by atoms with Gasteiger partial charge in [0.1, 0.15) is 0 Å². The molecule has 130 valence electrons. The van der Waals surface area contributed by atoms with Gasteiger partial charge in [0.05, 0.1) is 6.61 Å². The van der Waals surface area contributed by atoms with Crippen LogP contribution in [0.1, 0.15) is 52.4 Å². The standard InChI is InChI=1S/C18H23NO5/c1-12(2)18-10-6-4-3-5-7-13(18)14(18)11-23-17(22)24-19-15(20)8-9-16(19)21/h12-14H,5-11H2,1-2H3/t13-,14?,18+/m1/s1. The molecule has 0 bridgehead atoms. The van der Waals surface area contributed by atoms with Crippen LogP contribution in [0.25, 0.3) is 0 Å². The SMILES string of the molecule is CC(C)[C@@]12CCC#CCC[C@@H]1C2COC(=O)ON1C(=O)CCC1=O. The number of imide groups is 1. The Bertz CT molecular complexity index is 601. The summed E-state index contributed by atoms with van der Waals surface area (Å²) in [6, 6.07) is 0. The van der Waals surface area contributed by atoms with Crippen LogP contribution in [0.2, 0.25) is 0 Å². The normalized spacial score (nSPS) is 31.7. The van der Waals surface area contributed by atoms with Gasteiger partial charge in [0.25, 0.3) is 11.8 Å². The van der Waals surface area contributed by atoms with Crippen molar-refractivity contribution in [2.24, 2.45) is 23.2 Å². The van der Waals surface area contributed by atoms with Crippen molar-refractivity contribution < 1.29 is 24.0 Å². The van der Waals surface area contributed by atoms with Crippen molar-refractivity contribution >= 4 is 18.0 Å². The molecule has 6 nitrogen and oxygen atoms in total. The van der Waals surface area contributed by atoms with Crippen molar-refractivity contribution in [3.05, 3.63) is 0 Å². The van der Waals surface area contributed by atoms with E-state index in [1.54, 1.807) is 0 Å². The maximum absolute atomic E-state index is 11.8. The largest absolute Gasteiger partial charge is 0.533 e. The van der Waals surface area contributed by atoms with Crippen molar-refractivity contribution in [3.63, 3.8) is 0 Å². The van der Waals surface area contributed by atoms with E-state index in [0.29, 0.717) is 16.9 Å². The number of fused-ring (bicyclic) bond motifs is 1. The van der Waals surface area contributed by atoms with Gasteiger partial charge in [0.15, 0.2) is 0 Å².